The number of aromatic nitrogens is 4. The minimum atomic E-state index is -0.728. The third kappa shape index (κ3) is 3.24. The highest BCUT2D eigenvalue weighted by Crippen LogP contribution is 2.16. The molecule has 0 saturated carbocycles. The number of fused-ring (bicyclic) bond motifs is 1. The lowest BCUT2D eigenvalue weighted by molar-refractivity contribution is 0.627. The number of benzene rings is 1. The predicted octanol–water partition coefficient (Wildman–Crippen LogP) is 2.73. The molecule has 3 heterocycles. The molecule has 6 nitrogen and oxygen atoms in total. The quantitative estimate of drug-likeness (QED) is 0.511. The summed E-state index contributed by atoms with van der Waals surface area (Å²) in [7, 11) is 0. The summed E-state index contributed by atoms with van der Waals surface area (Å²) in [4.78, 5) is 33.5. The largest absolute Gasteiger partial charge is 0.357 e. The van der Waals surface area contributed by atoms with E-state index in [0.717, 1.165) is 10.1 Å². The molecule has 0 N–H and O–H groups in total. The van der Waals surface area contributed by atoms with E-state index >= 15 is 0 Å². The maximum atomic E-state index is 13.1. The summed E-state index contributed by atoms with van der Waals surface area (Å²) in [5, 5.41) is 0.379. The van der Waals surface area contributed by atoms with Crippen LogP contribution in [0.4, 0.5) is 4.39 Å². The smallest absolute Gasteiger partial charge is 0.328 e. The van der Waals surface area contributed by atoms with Gasteiger partial charge in [0.05, 0.1) is 17.8 Å². The standard InChI is InChI=1S/C19H12ClFN4O2/c20-16-8-3-12(10-22-16)11-24-9-1-2-15-17(24)23-19(27)25(18(15)26)14-6-4-13(21)5-7-14/h1-10H,11H2. The van der Waals surface area contributed by atoms with Gasteiger partial charge < -0.3 is 4.57 Å². The van der Waals surface area contributed by atoms with E-state index in [-0.39, 0.29) is 17.1 Å². The topological polar surface area (TPSA) is 69.8 Å². The zero-order chi connectivity index (χ0) is 19.0. The van der Waals surface area contributed by atoms with Crippen molar-refractivity contribution < 1.29 is 4.39 Å². The number of rotatable bonds is 3. The molecule has 134 valence electrons. The zero-order valence-corrected chi connectivity index (χ0v) is 14.6. The van der Waals surface area contributed by atoms with Crippen LogP contribution in [0.1, 0.15) is 5.56 Å². The Hall–Kier alpha value is -3.32. The van der Waals surface area contributed by atoms with Crippen LogP contribution in [0.2, 0.25) is 5.15 Å². The van der Waals surface area contributed by atoms with E-state index in [4.69, 9.17) is 11.6 Å². The van der Waals surface area contributed by atoms with Crippen molar-refractivity contribution in [3.8, 4) is 17.1 Å². The van der Waals surface area contributed by atoms with Crippen LogP contribution in [-0.2, 0) is 6.54 Å². The third-order valence-corrected chi connectivity index (χ3v) is 4.32. The van der Waals surface area contributed by atoms with Crippen molar-refractivity contribution in [2.75, 3.05) is 0 Å². The monoisotopic (exact) mass is 382 g/mol. The fraction of sp³-hybridized carbons (Fsp3) is 0.0526. The molecule has 1 aromatic carbocycles. The van der Waals surface area contributed by atoms with Gasteiger partial charge in [0.15, 0.2) is 5.82 Å². The second-order valence-corrected chi connectivity index (χ2v) is 6.26. The Morgan fingerprint density at radius 1 is 1.04 bits per heavy atom. The van der Waals surface area contributed by atoms with Gasteiger partial charge in [-0.05, 0) is 48.0 Å². The van der Waals surface area contributed by atoms with Gasteiger partial charge in [0, 0.05) is 12.4 Å². The molecular weight excluding hydrogens is 371 g/mol. The average molecular weight is 383 g/mol. The molecule has 0 aliphatic carbocycles. The Balaban J connectivity index is 1.85. The van der Waals surface area contributed by atoms with Gasteiger partial charge in [0.25, 0.3) is 5.56 Å². The van der Waals surface area contributed by atoms with Gasteiger partial charge in [-0.2, -0.15) is 4.98 Å². The molecule has 4 rings (SSSR count). The second-order valence-electron chi connectivity index (χ2n) is 5.87. The van der Waals surface area contributed by atoms with Gasteiger partial charge in [-0.15, -0.1) is 0 Å². The van der Waals surface area contributed by atoms with Crippen LogP contribution in [0, 0.1) is 5.82 Å². The fourth-order valence-corrected chi connectivity index (χ4v) is 2.94. The molecule has 2 aliphatic rings. The van der Waals surface area contributed by atoms with Crippen molar-refractivity contribution in [2.45, 2.75) is 6.54 Å². The maximum absolute atomic E-state index is 13.1. The van der Waals surface area contributed by atoms with Crippen molar-refractivity contribution in [1.82, 2.24) is 19.1 Å². The highest BCUT2D eigenvalue weighted by atomic mass is 35.5. The summed E-state index contributed by atoms with van der Waals surface area (Å²) in [6.45, 7) is 0.369. The molecule has 0 bridgehead atoms. The molecule has 8 heteroatoms. The molecule has 2 aliphatic heterocycles. The summed E-state index contributed by atoms with van der Waals surface area (Å²) in [6, 6.07) is 11.9. The summed E-state index contributed by atoms with van der Waals surface area (Å²) < 4.78 is 15.8. The van der Waals surface area contributed by atoms with Crippen molar-refractivity contribution >= 4 is 11.6 Å². The van der Waals surface area contributed by atoms with Crippen LogP contribution in [0.3, 0.4) is 0 Å². The molecule has 0 unspecified atom stereocenters. The van der Waals surface area contributed by atoms with E-state index in [0.29, 0.717) is 11.7 Å². The van der Waals surface area contributed by atoms with Gasteiger partial charge in [-0.25, -0.2) is 18.7 Å². The van der Waals surface area contributed by atoms with Crippen LogP contribution in [0.15, 0.2) is 70.5 Å². The minimum Gasteiger partial charge on any atom is -0.328 e. The molecule has 2 aromatic rings. The lowest BCUT2D eigenvalue weighted by Crippen LogP contribution is -2.36. The summed E-state index contributed by atoms with van der Waals surface area (Å²) >= 11 is 5.80. The van der Waals surface area contributed by atoms with E-state index in [9.17, 15) is 14.0 Å². The normalized spacial score (nSPS) is 11.0. The lowest BCUT2D eigenvalue weighted by atomic mass is 10.2. The van der Waals surface area contributed by atoms with E-state index in [1.165, 1.54) is 24.3 Å². The van der Waals surface area contributed by atoms with Crippen LogP contribution in [-0.4, -0.2) is 19.1 Å². The van der Waals surface area contributed by atoms with Crippen LogP contribution >= 0.6 is 11.6 Å². The van der Waals surface area contributed by atoms with E-state index in [2.05, 4.69) is 9.97 Å². The average Bonchev–Trinajstić information content (AvgIpc) is 2.66. The molecule has 1 aromatic heterocycles. The molecule has 0 fully saturated rings. The number of hydrogen-bond acceptors (Lipinski definition) is 4. The Labute approximate surface area is 157 Å². The summed E-state index contributed by atoms with van der Waals surface area (Å²) in [6.07, 6.45) is 3.34. The first-order chi connectivity index (χ1) is 13.0. The van der Waals surface area contributed by atoms with Gasteiger partial charge in [0.1, 0.15) is 11.0 Å². The molecule has 0 atom stereocenters. The first kappa shape index (κ1) is 17.1. The second kappa shape index (κ2) is 6.77. The van der Waals surface area contributed by atoms with Crippen LogP contribution in [0.25, 0.3) is 17.1 Å². The van der Waals surface area contributed by atoms with Crippen molar-refractivity contribution in [3.05, 3.63) is 98.3 Å². The van der Waals surface area contributed by atoms with Gasteiger partial charge in [-0.1, -0.05) is 17.7 Å². The third-order valence-electron chi connectivity index (χ3n) is 4.09. The number of halogens is 2. The van der Waals surface area contributed by atoms with Crippen molar-refractivity contribution in [3.63, 3.8) is 0 Å². The number of nitrogens with zero attached hydrogens (tertiary/aromatic N) is 4. The molecular formula is C19H12ClFN4O2. The van der Waals surface area contributed by atoms with Crippen molar-refractivity contribution in [2.24, 2.45) is 0 Å². The van der Waals surface area contributed by atoms with E-state index in [1.54, 1.807) is 41.2 Å². The Morgan fingerprint density at radius 3 is 2.52 bits per heavy atom. The molecule has 0 amide bonds. The van der Waals surface area contributed by atoms with Crippen LogP contribution in [0.5, 0.6) is 0 Å². The Bertz CT molecular complexity index is 1200. The Kier molecular flexibility index (Phi) is 4.29. The molecule has 0 spiro atoms. The maximum Gasteiger partial charge on any atom is 0.357 e. The first-order valence-corrected chi connectivity index (χ1v) is 8.39. The van der Waals surface area contributed by atoms with Gasteiger partial charge in [0.2, 0.25) is 0 Å². The molecule has 0 saturated heterocycles. The van der Waals surface area contributed by atoms with Gasteiger partial charge >= 0.3 is 5.69 Å². The fourth-order valence-electron chi connectivity index (χ4n) is 2.82. The SMILES string of the molecule is O=c1nc2n(Cc3ccc(Cl)nc3)cccc-2c(=O)n1-c1ccc(F)cc1. The number of pyridine rings is 2. The summed E-state index contributed by atoms with van der Waals surface area (Å²) in [5.74, 6) is -0.191. The van der Waals surface area contributed by atoms with E-state index < -0.39 is 17.1 Å². The minimum absolute atomic E-state index is 0.262. The molecule has 27 heavy (non-hydrogen) atoms. The first-order valence-electron chi connectivity index (χ1n) is 8.01. The van der Waals surface area contributed by atoms with Crippen molar-refractivity contribution in [1.29, 1.82) is 0 Å². The summed E-state index contributed by atoms with van der Waals surface area (Å²) in [5.41, 5.74) is 0.142. The van der Waals surface area contributed by atoms with Gasteiger partial charge in [-0.3, -0.25) is 4.79 Å². The van der Waals surface area contributed by atoms with Crippen LogP contribution < -0.4 is 11.2 Å². The predicted molar refractivity (Wildman–Crippen MR) is 99.0 cm³/mol. The highest BCUT2D eigenvalue weighted by molar-refractivity contribution is 6.29. The number of hydrogen-bond donors (Lipinski definition) is 0. The zero-order valence-electron chi connectivity index (χ0n) is 13.8. The lowest BCUT2D eigenvalue weighted by Gasteiger charge is -2.15. The van der Waals surface area contributed by atoms with E-state index in [1.807, 2.05) is 0 Å². The molecule has 0 radical (unpaired) electrons. The highest BCUT2D eigenvalue weighted by Gasteiger charge is 2.18. The Morgan fingerprint density at radius 2 is 1.81 bits per heavy atom.